The van der Waals surface area contributed by atoms with Gasteiger partial charge in [-0.25, -0.2) is 0 Å². The maximum absolute atomic E-state index is 12.5. The molecule has 1 amide bonds. The summed E-state index contributed by atoms with van der Waals surface area (Å²) in [6.45, 7) is 5.09. The van der Waals surface area contributed by atoms with Crippen molar-refractivity contribution in [2.45, 2.75) is 51.5 Å². The van der Waals surface area contributed by atoms with Gasteiger partial charge in [0.15, 0.2) is 5.82 Å². The van der Waals surface area contributed by atoms with Crippen molar-refractivity contribution in [3.05, 3.63) is 11.8 Å². The minimum atomic E-state index is 0.181. The average Bonchev–Trinajstić information content (AvgIpc) is 3.40. The summed E-state index contributed by atoms with van der Waals surface area (Å²) >= 11 is 0. The van der Waals surface area contributed by atoms with Crippen LogP contribution in [0, 0.1) is 11.3 Å². The molecule has 114 valence electrons. The number of piperidine rings is 1. The monoisotopic (exact) mass is 288 g/mol. The lowest BCUT2D eigenvalue weighted by Crippen LogP contribution is -2.31. The van der Waals surface area contributed by atoms with Gasteiger partial charge in [-0.1, -0.05) is 0 Å². The number of carbonyl (C=O) groups excluding carboxylic acids is 1. The van der Waals surface area contributed by atoms with Crippen molar-refractivity contribution in [2.75, 3.05) is 18.4 Å². The molecule has 2 N–H and O–H groups in total. The fourth-order valence-electron chi connectivity index (χ4n) is 3.86. The molecule has 1 aromatic heterocycles. The van der Waals surface area contributed by atoms with Crippen molar-refractivity contribution >= 4 is 11.7 Å². The zero-order valence-corrected chi connectivity index (χ0v) is 12.7. The Labute approximate surface area is 125 Å². The molecule has 2 saturated carbocycles. The Morgan fingerprint density at radius 2 is 2.24 bits per heavy atom. The van der Waals surface area contributed by atoms with E-state index < -0.39 is 0 Å². The molecule has 1 aromatic rings. The molecule has 4 rings (SSSR count). The van der Waals surface area contributed by atoms with E-state index in [0.717, 1.165) is 44.7 Å². The van der Waals surface area contributed by atoms with Gasteiger partial charge in [0.1, 0.15) is 0 Å². The van der Waals surface area contributed by atoms with Gasteiger partial charge in [0.25, 0.3) is 0 Å². The largest absolute Gasteiger partial charge is 0.317 e. The first kappa shape index (κ1) is 13.3. The van der Waals surface area contributed by atoms with Gasteiger partial charge in [-0.05, 0) is 57.5 Å². The third kappa shape index (κ3) is 2.37. The number of carbonyl (C=O) groups is 1. The lowest BCUT2D eigenvalue weighted by molar-refractivity contribution is -0.118. The van der Waals surface area contributed by atoms with Crippen molar-refractivity contribution in [3.8, 4) is 0 Å². The summed E-state index contributed by atoms with van der Waals surface area (Å²) in [4.78, 5) is 12.5. The van der Waals surface area contributed by atoms with Crippen LogP contribution < -0.4 is 10.6 Å². The molecule has 3 aliphatic rings. The molecule has 1 aliphatic heterocycles. The third-order valence-corrected chi connectivity index (χ3v) is 5.46. The summed E-state index contributed by atoms with van der Waals surface area (Å²) in [6, 6.07) is 2.08. The van der Waals surface area contributed by atoms with E-state index in [2.05, 4.69) is 28.7 Å². The van der Waals surface area contributed by atoms with Crippen molar-refractivity contribution in [1.82, 2.24) is 15.1 Å². The van der Waals surface area contributed by atoms with Gasteiger partial charge < -0.3 is 10.6 Å². The molecule has 0 radical (unpaired) electrons. The van der Waals surface area contributed by atoms with Gasteiger partial charge >= 0.3 is 0 Å². The number of anilines is 1. The fraction of sp³-hybridized carbons (Fsp3) is 0.750. The lowest BCUT2D eigenvalue weighted by Gasteiger charge is -2.23. The first-order chi connectivity index (χ1) is 10.2. The standard InChI is InChI=1S/C16H24N4O/c1-2-20-13(11-3-4-11)9-14(19-20)18-15(21)12-10-16(12)5-7-17-8-6-16/h9,11-12,17H,2-8,10H2,1H3,(H,18,19,21). The molecule has 1 spiro atoms. The fourth-order valence-corrected chi connectivity index (χ4v) is 3.86. The van der Waals surface area contributed by atoms with Crippen molar-refractivity contribution < 1.29 is 4.79 Å². The highest BCUT2D eigenvalue weighted by molar-refractivity contribution is 5.94. The van der Waals surface area contributed by atoms with Gasteiger partial charge in [0.2, 0.25) is 5.91 Å². The lowest BCUT2D eigenvalue weighted by atomic mass is 9.92. The van der Waals surface area contributed by atoms with Crippen molar-refractivity contribution in [2.24, 2.45) is 11.3 Å². The summed E-state index contributed by atoms with van der Waals surface area (Å²) in [5, 5.41) is 11.0. The predicted molar refractivity (Wildman–Crippen MR) is 81.1 cm³/mol. The van der Waals surface area contributed by atoms with Crippen LogP contribution in [0.4, 0.5) is 5.82 Å². The number of hydrogen-bond donors (Lipinski definition) is 2. The molecule has 0 aromatic carbocycles. The summed E-state index contributed by atoms with van der Waals surface area (Å²) in [7, 11) is 0. The SMILES string of the molecule is CCn1nc(NC(=O)C2CC23CCNCC3)cc1C1CC1. The highest BCUT2D eigenvalue weighted by Crippen LogP contribution is 2.58. The maximum atomic E-state index is 12.5. The number of rotatable bonds is 4. The Morgan fingerprint density at radius 1 is 1.48 bits per heavy atom. The normalized spacial score (nSPS) is 26.8. The van der Waals surface area contributed by atoms with E-state index in [0.29, 0.717) is 11.3 Å². The summed E-state index contributed by atoms with van der Waals surface area (Å²) in [6.07, 6.45) is 5.86. The minimum absolute atomic E-state index is 0.181. The Balaban J connectivity index is 1.43. The number of hydrogen-bond acceptors (Lipinski definition) is 3. The second kappa shape index (κ2) is 4.83. The summed E-state index contributed by atoms with van der Waals surface area (Å²) in [5.41, 5.74) is 1.59. The Morgan fingerprint density at radius 3 is 2.90 bits per heavy atom. The Bertz CT molecular complexity index is 555. The van der Waals surface area contributed by atoms with E-state index in [9.17, 15) is 4.79 Å². The van der Waals surface area contributed by atoms with Crippen LogP contribution in [0.1, 0.15) is 50.6 Å². The zero-order chi connectivity index (χ0) is 14.4. The molecule has 21 heavy (non-hydrogen) atoms. The van der Waals surface area contributed by atoms with Crippen molar-refractivity contribution in [1.29, 1.82) is 0 Å². The molecule has 1 unspecified atom stereocenters. The maximum Gasteiger partial charge on any atom is 0.229 e. The smallest absolute Gasteiger partial charge is 0.229 e. The molecule has 0 bridgehead atoms. The van der Waals surface area contributed by atoms with E-state index >= 15 is 0 Å². The van der Waals surface area contributed by atoms with Gasteiger partial charge in [0, 0.05) is 30.1 Å². The molecular weight excluding hydrogens is 264 g/mol. The molecular formula is C16H24N4O. The van der Waals surface area contributed by atoms with Crippen LogP contribution in [0.15, 0.2) is 6.07 Å². The number of amides is 1. The summed E-state index contributed by atoms with van der Waals surface area (Å²) < 4.78 is 2.04. The molecule has 5 heteroatoms. The topological polar surface area (TPSA) is 59.0 Å². The van der Waals surface area contributed by atoms with Gasteiger partial charge in [-0.15, -0.1) is 0 Å². The van der Waals surface area contributed by atoms with Crippen molar-refractivity contribution in [3.63, 3.8) is 0 Å². The van der Waals surface area contributed by atoms with Crippen LogP contribution in [0.5, 0.6) is 0 Å². The Kier molecular flexibility index (Phi) is 3.06. The van der Waals surface area contributed by atoms with Crippen LogP contribution in [0.2, 0.25) is 0 Å². The van der Waals surface area contributed by atoms with E-state index in [4.69, 9.17) is 0 Å². The number of nitrogens with one attached hydrogen (secondary N) is 2. The quantitative estimate of drug-likeness (QED) is 0.892. The van der Waals surface area contributed by atoms with E-state index in [1.165, 1.54) is 18.5 Å². The predicted octanol–water partition coefficient (Wildman–Crippen LogP) is 2.11. The zero-order valence-electron chi connectivity index (χ0n) is 12.7. The highest BCUT2D eigenvalue weighted by Gasteiger charge is 2.57. The second-order valence-electron chi connectivity index (χ2n) is 6.90. The molecule has 5 nitrogen and oxygen atoms in total. The number of aryl methyl sites for hydroxylation is 1. The van der Waals surface area contributed by atoms with Gasteiger partial charge in [-0.3, -0.25) is 9.48 Å². The highest BCUT2D eigenvalue weighted by atomic mass is 16.2. The minimum Gasteiger partial charge on any atom is -0.317 e. The van der Waals surface area contributed by atoms with Crippen LogP contribution >= 0.6 is 0 Å². The number of nitrogens with zero attached hydrogens (tertiary/aromatic N) is 2. The first-order valence-electron chi connectivity index (χ1n) is 8.31. The number of aromatic nitrogens is 2. The van der Waals surface area contributed by atoms with Crippen LogP contribution in [0.25, 0.3) is 0 Å². The average molecular weight is 288 g/mol. The molecule has 3 fully saturated rings. The molecule has 1 atom stereocenters. The molecule has 1 saturated heterocycles. The first-order valence-corrected chi connectivity index (χ1v) is 8.31. The van der Waals surface area contributed by atoms with Crippen LogP contribution in [-0.2, 0) is 11.3 Å². The molecule has 2 aliphatic carbocycles. The van der Waals surface area contributed by atoms with Crippen LogP contribution in [0.3, 0.4) is 0 Å². The van der Waals surface area contributed by atoms with E-state index in [-0.39, 0.29) is 11.8 Å². The second-order valence-corrected chi connectivity index (χ2v) is 6.90. The van der Waals surface area contributed by atoms with E-state index in [1.54, 1.807) is 0 Å². The van der Waals surface area contributed by atoms with E-state index in [1.807, 2.05) is 4.68 Å². The van der Waals surface area contributed by atoms with Gasteiger partial charge in [0.05, 0.1) is 0 Å². The van der Waals surface area contributed by atoms with Gasteiger partial charge in [-0.2, -0.15) is 5.10 Å². The Hall–Kier alpha value is -1.36. The molecule has 2 heterocycles. The van der Waals surface area contributed by atoms with Crippen LogP contribution in [-0.4, -0.2) is 28.8 Å². The third-order valence-electron chi connectivity index (χ3n) is 5.46. The summed E-state index contributed by atoms with van der Waals surface area (Å²) in [5.74, 6) is 1.80.